The molecule has 0 radical (unpaired) electrons. The van der Waals surface area contributed by atoms with Crippen LogP contribution in [0.15, 0.2) is 12.3 Å². The second kappa shape index (κ2) is 4.70. The Kier molecular flexibility index (Phi) is 3.26. The maximum Gasteiger partial charge on any atom is 0.389 e. The SMILES string of the molecule is O=C(Cn1ccc([N+](=O)[O-])n1)N1CC(O)C(O)C1. The number of β-amino-alcohol motifs (C(OH)–C–C–N with tert-alkyl or cyclic N) is 2. The molecule has 9 heteroatoms. The van der Waals surface area contributed by atoms with Crippen LogP contribution in [0, 0.1) is 10.1 Å². The largest absolute Gasteiger partial charge is 0.389 e. The van der Waals surface area contributed by atoms with Gasteiger partial charge in [0.2, 0.25) is 5.91 Å². The monoisotopic (exact) mass is 256 g/mol. The van der Waals surface area contributed by atoms with Gasteiger partial charge in [-0.05, 0) is 4.92 Å². The number of carbonyl (C=O) groups is 1. The minimum atomic E-state index is -0.944. The smallest absolute Gasteiger partial charge is 0.388 e. The van der Waals surface area contributed by atoms with Gasteiger partial charge in [-0.3, -0.25) is 4.79 Å². The number of aliphatic hydroxyl groups is 2. The predicted molar refractivity (Wildman–Crippen MR) is 57.5 cm³/mol. The third-order valence-electron chi connectivity index (χ3n) is 2.72. The molecule has 1 amide bonds. The Balaban J connectivity index is 1.97. The van der Waals surface area contributed by atoms with E-state index in [1.807, 2.05) is 0 Å². The summed E-state index contributed by atoms with van der Waals surface area (Å²) < 4.78 is 1.15. The Morgan fingerprint density at radius 3 is 2.61 bits per heavy atom. The number of nitro groups is 1. The van der Waals surface area contributed by atoms with E-state index in [0.29, 0.717) is 0 Å². The van der Waals surface area contributed by atoms with Crippen molar-refractivity contribution in [1.82, 2.24) is 14.7 Å². The van der Waals surface area contributed by atoms with Gasteiger partial charge in [-0.1, -0.05) is 0 Å². The summed E-state index contributed by atoms with van der Waals surface area (Å²) in [4.78, 5) is 22.8. The highest BCUT2D eigenvalue weighted by molar-refractivity contribution is 5.76. The van der Waals surface area contributed by atoms with Crippen molar-refractivity contribution in [3.63, 3.8) is 0 Å². The lowest BCUT2D eigenvalue weighted by molar-refractivity contribution is -0.389. The molecule has 1 aromatic rings. The van der Waals surface area contributed by atoms with E-state index in [1.165, 1.54) is 17.2 Å². The van der Waals surface area contributed by atoms with Gasteiger partial charge in [0.05, 0.1) is 29.6 Å². The summed E-state index contributed by atoms with van der Waals surface area (Å²) in [6, 6.07) is 1.20. The van der Waals surface area contributed by atoms with E-state index in [2.05, 4.69) is 5.10 Å². The van der Waals surface area contributed by atoms with E-state index in [-0.39, 0.29) is 31.4 Å². The molecule has 1 saturated heterocycles. The summed E-state index contributed by atoms with van der Waals surface area (Å²) in [7, 11) is 0. The minimum absolute atomic E-state index is 0.0589. The standard InChI is InChI=1S/C9H12N4O5/c14-6-3-11(4-7(6)15)9(16)5-12-2-1-8(10-12)13(17)18/h1-2,6-7,14-15H,3-5H2. The lowest BCUT2D eigenvalue weighted by Crippen LogP contribution is -2.33. The van der Waals surface area contributed by atoms with Gasteiger partial charge in [0.25, 0.3) is 0 Å². The molecule has 0 aromatic carbocycles. The fraction of sp³-hybridized carbons (Fsp3) is 0.556. The van der Waals surface area contributed by atoms with Crippen LogP contribution in [0.4, 0.5) is 5.82 Å². The van der Waals surface area contributed by atoms with Crippen LogP contribution in [0.5, 0.6) is 0 Å². The van der Waals surface area contributed by atoms with Crippen LogP contribution in [0.1, 0.15) is 0 Å². The van der Waals surface area contributed by atoms with Crippen LogP contribution in [0.3, 0.4) is 0 Å². The Morgan fingerprint density at radius 2 is 2.11 bits per heavy atom. The summed E-state index contributed by atoms with van der Waals surface area (Å²) in [6.45, 7) is -0.0417. The average molecular weight is 256 g/mol. The van der Waals surface area contributed by atoms with Gasteiger partial charge in [-0.2, -0.15) is 4.68 Å². The summed E-state index contributed by atoms with van der Waals surface area (Å²) in [5.74, 6) is -0.687. The Hall–Kier alpha value is -2.00. The molecular weight excluding hydrogens is 244 g/mol. The zero-order valence-corrected chi connectivity index (χ0v) is 9.34. The average Bonchev–Trinajstić information content (AvgIpc) is 2.87. The first-order valence-corrected chi connectivity index (χ1v) is 5.29. The second-order valence-corrected chi connectivity index (χ2v) is 4.06. The molecule has 2 unspecified atom stereocenters. The fourth-order valence-corrected chi connectivity index (χ4v) is 1.75. The number of hydrogen-bond donors (Lipinski definition) is 2. The third kappa shape index (κ3) is 2.46. The molecule has 9 nitrogen and oxygen atoms in total. The topological polar surface area (TPSA) is 122 Å². The number of aliphatic hydroxyl groups excluding tert-OH is 2. The lowest BCUT2D eigenvalue weighted by atomic mass is 10.3. The molecule has 2 N–H and O–H groups in total. The summed E-state index contributed by atoms with van der Waals surface area (Å²) in [5.41, 5.74) is 0. The molecule has 0 aliphatic carbocycles. The number of nitrogens with zero attached hydrogens (tertiary/aromatic N) is 4. The number of amides is 1. The van der Waals surface area contributed by atoms with Crippen LogP contribution >= 0.6 is 0 Å². The van der Waals surface area contributed by atoms with Crippen LogP contribution in [0.25, 0.3) is 0 Å². The normalized spacial score (nSPS) is 23.3. The van der Waals surface area contributed by atoms with Crippen molar-refractivity contribution in [2.45, 2.75) is 18.8 Å². The van der Waals surface area contributed by atoms with Gasteiger partial charge in [0, 0.05) is 13.1 Å². The molecule has 1 fully saturated rings. The fourth-order valence-electron chi connectivity index (χ4n) is 1.75. The summed E-state index contributed by atoms with van der Waals surface area (Å²) in [5, 5.41) is 32.6. The zero-order chi connectivity index (χ0) is 13.3. The van der Waals surface area contributed by atoms with E-state index >= 15 is 0 Å². The molecule has 98 valence electrons. The molecule has 0 spiro atoms. The van der Waals surface area contributed by atoms with Crippen molar-refractivity contribution in [2.24, 2.45) is 0 Å². The number of aromatic nitrogens is 2. The molecule has 18 heavy (non-hydrogen) atoms. The molecule has 2 heterocycles. The quantitative estimate of drug-likeness (QED) is 0.494. The van der Waals surface area contributed by atoms with Gasteiger partial charge in [-0.25, -0.2) is 0 Å². The highest BCUT2D eigenvalue weighted by Gasteiger charge is 2.32. The summed E-state index contributed by atoms with van der Waals surface area (Å²) >= 11 is 0. The van der Waals surface area contributed by atoms with Crippen LogP contribution in [-0.2, 0) is 11.3 Å². The molecule has 2 atom stereocenters. The molecule has 0 bridgehead atoms. The first-order chi connectivity index (χ1) is 8.47. The molecule has 1 aliphatic heterocycles. The van der Waals surface area contributed by atoms with E-state index in [9.17, 15) is 25.1 Å². The second-order valence-electron chi connectivity index (χ2n) is 4.06. The number of likely N-dealkylation sites (tertiary alicyclic amines) is 1. The molecule has 0 saturated carbocycles. The highest BCUT2D eigenvalue weighted by atomic mass is 16.6. The molecule has 2 rings (SSSR count). The van der Waals surface area contributed by atoms with Crippen LogP contribution in [0.2, 0.25) is 0 Å². The van der Waals surface area contributed by atoms with Gasteiger partial charge in [0.15, 0.2) is 0 Å². The molecule has 1 aromatic heterocycles. The number of carbonyl (C=O) groups excluding carboxylic acids is 1. The maximum atomic E-state index is 11.8. The maximum absolute atomic E-state index is 11.8. The van der Waals surface area contributed by atoms with Gasteiger partial charge >= 0.3 is 5.82 Å². The van der Waals surface area contributed by atoms with Crippen molar-refractivity contribution < 1.29 is 19.9 Å². The Labute approximate surface area is 101 Å². The minimum Gasteiger partial charge on any atom is -0.388 e. The van der Waals surface area contributed by atoms with Crippen molar-refractivity contribution in [3.05, 3.63) is 22.4 Å². The lowest BCUT2D eigenvalue weighted by Gasteiger charge is -2.13. The van der Waals surface area contributed by atoms with E-state index in [4.69, 9.17) is 0 Å². The molecular formula is C9H12N4O5. The molecule has 1 aliphatic rings. The zero-order valence-electron chi connectivity index (χ0n) is 9.34. The number of hydrogen-bond acceptors (Lipinski definition) is 6. The van der Waals surface area contributed by atoms with E-state index in [0.717, 1.165) is 4.68 Å². The van der Waals surface area contributed by atoms with E-state index in [1.54, 1.807) is 0 Å². The van der Waals surface area contributed by atoms with Gasteiger partial charge < -0.3 is 25.2 Å². The van der Waals surface area contributed by atoms with Crippen molar-refractivity contribution in [1.29, 1.82) is 0 Å². The van der Waals surface area contributed by atoms with Gasteiger partial charge in [0.1, 0.15) is 6.54 Å². The Bertz CT molecular complexity index is 463. The first-order valence-electron chi connectivity index (χ1n) is 5.29. The first kappa shape index (κ1) is 12.5. The predicted octanol–water partition coefficient (Wildman–Crippen LogP) is -1.64. The van der Waals surface area contributed by atoms with Crippen molar-refractivity contribution in [3.8, 4) is 0 Å². The van der Waals surface area contributed by atoms with Gasteiger partial charge in [-0.15, -0.1) is 0 Å². The van der Waals surface area contributed by atoms with Crippen molar-refractivity contribution >= 4 is 11.7 Å². The number of rotatable bonds is 3. The van der Waals surface area contributed by atoms with Crippen molar-refractivity contribution in [2.75, 3.05) is 13.1 Å². The summed E-state index contributed by atoms with van der Waals surface area (Å²) in [6.07, 6.45) is -0.555. The van der Waals surface area contributed by atoms with Crippen LogP contribution in [-0.4, -0.2) is 61.0 Å². The Morgan fingerprint density at radius 1 is 1.50 bits per heavy atom. The van der Waals surface area contributed by atoms with Crippen LogP contribution < -0.4 is 0 Å². The third-order valence-corrected chi connectivity index (χ3v) is 2.72. The van der Waals surface area contributed by atoms with E-state index < -0.39 is 17.1 Å². The highest BCUT2D eigenvalue weighted by Crippen LogP contribution is 2.11.